The van der Waals surface area contributed by atoms with Crippen LogP contribution >= 0.6 is 0 Å². The van der Waals surface area contributed by atoms with Gasteiger partial charge in [-0.1, -0.05) is 31.5 Å². The normalized spacial score (nSPS) is 11.5. The van der Waals surface area contributed by atoms with E-state index in [1.807, 2.05) is 24.3 Å². The fraction of sp³-hybridized carbons (Fsp3) is 0.571. The maximum absolute atomic E-state index is 12.1. The maximum atomic E-state index is 12.1. The lowest BCUT2D eigenvalue weighted by atomic mass is 10.1. The van der Waals surface area contributed by atoms with Crippen LogP contribution in [0, 0.1) is 0 Å². The van der Waals surface area contributed by atoms with Crippen molar-refractivity contribution in [2.24, 2.45) is 0 Å². The Hall–Kier alpha value is -2.45. The van der Waals surface area contributed by atoms with E-state index in [-0.39, 0.29) is 30.9 Å². The summed E-state index contributed by atoms with van der Waals surface area (Å²) in [6.45, 7) is 3.79. The molecule has 162 valence electrons. The average Bonchev–Trinajstić information content (AvgIpc) is 2.73. The zero-order valence-corrected chi connectivity index (χ0v) is 17.5. The van der Waals surface area contributed by atoms with Crippen LogP contribution in [0.1, 0.15) is 31.7 Å². The lowest BCUT2D eigenvalue weighted by Gasteiger charge is -2.15. The van der Waals surface area contributed by atoms with Gasteiger partial charge in [0.1, 0.15) is 18.6 Å². The van der Waals surface area contributed by atoms with E-state index in [1.54, 1.807) is 7.05 Å². The molecule has 0 aliphatic carbocycles. The summed E-state index contributed by atoms with van der Waals surface area (Å²) in [4.78, 5) is 33.7. The van der Waals surface area contributed by atoms with E-state index in [1.165, 1.54) is 0 Å². The Bertz CT molecular complexity index is 624. The van der Waals surface area contributed by atoms with Crippen molar-refractivity contribution in [3.8, 4) is 5.75 Å². The Labute approximate surface area is 173 Å². The molecule has 8 nitrogen and oxygen atoms in total. The first-order valence-corrected chi connectivity index (χ1v) is 10.2. The summed E-state index contributed by atoms with van der Waals surface area (Å²) in [6, 6.07) is 7.69. The molecule has 0 bridgehead atoms. The molecule has 2 amide bonds. The Balaban J connectivity index is 2.30. The first-order chi connectivity index (χ1) is 14.1. The monoisotopic (exact) mass is 406 g/mol. The van der Waals surface area contributed by atoms with Crippen molar-refractivity contribution in [3.05, 3.63) is 29.8 Å². The number of carbonyl (C=O) groups is 3. The smallest absolute Gasteiger partial charge is 0.237 e. The van der Waals surface area contributed by atoms with Crippen LogP contribution in [0.2, 0.25) is 0 Å². The molecule has 8 heteroatoms. The highest BCUT2D eigenvalue weighted by Crippen LogP contribution is 2.19. The van der Waals surface area contributed by atoms with Gasteiger partial charge < -0.3 is 30.8 Å². The molecule has 0 heterocycles. The van der Waals surface area contributed by atoms with Gasteiger partial charge >= 0.3 is 0 Å². The highest BCUT2D eigenvalue weighted by molar-refractivity contribution is 5.81. The van der Waals surface area contributed by atoms with Crippen molar-refractivity contribution in [1.29, 1.82) is 0 Å². The van der Waals surface area contributed by atoms with Gasteiger partial charge in [0.2, 0.25) is 11.8 Å². The third-order valence-corrected chi connectivity index (χ3v) is 4.34. The molecule has 4 N–H and O–H groups in total. The van der Waals surface area contributed by atoms with E-state index in [4.69, 9.17) is 4.74 Å². The SMILES string of the molecule is CCCC(NC)C(=O)NCCCc1ccccc1OCCNCC(=O)NCC=O. The summed E-state index contributed by atoms with van der Waals surface area (Å²) in [5.41, 5.74) is 1.09. The summed E-state index contributed by atoms with van der Waals surface area (Å²) in [5.74, 6) is 0.631. The van der Waals surface area contributed by atoms with E-state index >= 15 is 0 Å². The van der Waals surface area contributed by atoms with Crippen LogP contribution in [0.5, 0.6) is 5.75 Å². The van der Waals surface area contributed by atoms with Gasteiger partial charge in [0, 0.05) is 13.1 Å². The van der Waals surface area contributed by atoms with Gasteiger partial charge in [-0.05, 0) is 37.9 Å². The van der Waals surface area contributed by atoms with Crippen LogP contribution in [0.3, 0.4) is 0 Å². The highest BCUT2D eigenvalue weighted by Gasteiger charge is 2.14. The molecule has 1 rings (SSSR count). The van der Waals surface area contributed by atoms with Crippen molar-refractivity contribution in [1.82, 2.24) is 21.3 Å². The van der Waals surface area contributed by atoms with Crippen molar-refractivity contribution < 1.29 is 19.1 Å². The Morgan fingerprint density at radius 2 is 1.97 bits per heavy atom. The molecule has 0 aliphatic heterocycles. The zero-order valence-electron chi connectivity index (χ0n) is 17.5. The number of amides is 2. The molecule has 1 unspecified atom stereocenters. The highest BCUT2D eigenvalue weighted by atomic mass is 16.5. The minimum Gasteiger partial charge on any atom is -0.492 e. The fourth-order valence-electron chi connectivity index (χ4n) is 2.81. The Morgan fingerprint density at radius 1 is 1.17 bits per heavy atom. The predicted octanol–water partition coefficient (Wildman–Crippen LogP) is 0.407. The molecule has 0 fully saturated rings. The molecule has 0 spiro atoms. The number of ether oxygens (including phenoxy) is 1. The molecule has 1 atom stereocenters. The Morgan fingerprint density at radius 3 is 2.69 bits per heavy atom. The van der Waals surface area contributed by atoms with E-state index in [0.717, 1.165) is 37.0 Å². The lowest BCUT2D eigenvalue weighted by molar-refractivity contribution is -0.123. The molecular weight excluding hydrogens is 372 g/mol. The van der Waals surface area contributed by atoms with Gasteiger partial charge in [-0.2, -0.15) is 0 Å². The molecular formula is C21H34N4O4. The minimum absolute atomic E-state index is 0.0268. The third kappa shape index (κ3) is 10.6. The first-order valence-electron chi connectivity index (χ1n) is 10.2. The standard InChI is InChI=1S/C21H34N4O4/c1-3-7-18(22-2)21(28)25-11-6-9-17-8-4-5-10-19(17)29-15-13-23-16-20(27)24-12-14-26/h4-5,8,10,14,18,22-23H,3,6-7,9,11-13,15-16H2,1-2H3,(H,24,27)(H,25,28). The molecule has 0 saturated carbocycles. The van der Waals surface area contributed by atoms with Gasteiger partial charge in [-0.3, -0.25) is 9.59 Å². The molecule has 0 aromatic heterocycles. The number of nitrogens with one attached hydrogen (secondary N) is 4. The lowest BCUT2D eigenvalue weighted by Crippen LogP contribution is -2.42. The third-order valence-electron chi connectivity index (χ3n) is 4.34. The molecule has 1 aromatic carbocycles. The second-order valence-corrected chi connectivity index (χ2v) is 6.63. The number of rotatable bonds is 16. The van der Waals surface area contributed by atoms with Gasteiger partial charge in [-0.15, -0.1) is 0 Å². The summed E-state index contributed by atoms with van der Waals surface area (Å²) in [7, 11) is 1.81. The minimum atomic E-state index is -0.223. The quantitative estimate of drug-likeness (QED) is 0.234. The van der Waals surface area contributed by atoms with E-state index in [2.05, 4.69) is 28.2 Å². The average molecular weight is 407 g/mol. The number of aryl methyl sites for hydroxylation is 1. The van der Waals surface area contributed by atoms with E-state index in [0.29, 0.717) is 26.0 Å². The molecule has 0 aliphatic rings. The summed E-state index contributed by atoms with van der Waals surface area (Å²) < 4.78 is 5.82. The number of hydrogen-bond acceptors (Lipinski definition) is 6. The summed E-state index contributed by atoms with van der Waals surface area (Å²) in [5, 5.41) is 11.5. The summed E-state index contributed by atoms with van der Waals surface area (Å²) >= 11 is 0. The van der Waals surface area contributed by atoms with Crippen molar-refractivity contribution in [2.45, 2.75) is 38.6 Å². The van der Waals surface area contributed by atoms with Crippen LogP contribution < -0.4 is 26.0 Å². The largest absolute Gasteiger partial charge is 0.492 e. The number of benzene rings is 1. The zero-order chi connectivity index (χ0) is 21.3. The number of para-hydroxylation sites is 1. The summed E-state index contributed by atoms with van der Waals surface area (Å²) in [6.07, 6.45) is 4.06. The molecule has 29 heavy (non-hydrogen) atoms. The molecule has 0 radical (unpaired) electrons. The number of hydrogen-bond donors (Lipinski definition) is 4. The van der Waals surface area contributed by atoms with E-state index < -0.39 is 0 Å². The second kappa shape index (κ2) is 15.5. The van der Waals surface area contributed by atoms with Crippen LogP contribution in [0.4, 0.5) is 0 Å². The molecule has 1 aromatic rings. The van der Waals surface area contributed by atoms with Gasteiger partial charge in [0.05, 0.1) is 19.1 Å². The van der Waals surface area contributed by atoms with Crippen LogP contribution in [-0.4, -0.2) is 64.0 Å². The van der Waals surface area contributed by atoms with Crippen LogP contribution in [0.25, 0.3) is 0 Å². The predicted molar refractivity (Wildman–Crippen MR) is 113 cm³/mol. The van der Waals surface area contributed by atoms with Gasteiger partial charge in [0.25, 0.3) is 0 Å². The van der Waals surface area contributed by atoms with Crippen LogP contribution in [0.15, 0.2) is 24.3 Å². The van der Waals surface area contributed by atoms with Crippen molar-refractivity contribution >= 4 is 18.1 Å². The number of aldehydes is 1. The number of likely N-dealkylation sites (N-methyl/N-ethyl adjacent to an activating group) is 1. The Kier molecular flexibility index (Phi) is 13.1. The van der Waals surface area contributed by atoms with Gasteiger partial charge in [0.15, 0.2) is 0 Å². The topological polar surface area (TPSA) is 109 Å². The number of carbonyl (C=O) groups excluding carboxylic acids is 3. The van der Waals surface area contributed by atoms with Crippen molar-refractivity contribution in [2.75, 3.05) is 39.8 Å². The second-order valence-electron chi connectivity index (χ2n) is 6.63. The van der Waals surface area contributed by atoms with Crippen LogP contribution in [-0.2, 0) is 20.8 Å². The fourth-order valence-corrected chi connectivity index (χ4v) is 2.81. The van der Waals surface area contributed by atoms with Gasteiger partial charge in [-0.25, -0.2) is 0 Å². The van der Waals surface area contributed by atoms with Crippen molar-refractivity contribution in [3.63, 3.8) is 0 Å². The van der Waals surface area contributed by atoms with E-state index in [9.17, 15) is 14.4 Å². The first kappa shape index (κ1) is 24.6. The molecule has 0 saturated heterocycles. The maximum Gasteiger partial charge on any atom is 0.237 e.